The number of hydrogen-bond donors (Lipinski definition) is 2. The SMILES string of the molecule is CCC(C)Oc1ccc(Nc2nc(Nc3ccc(OCC(C)C)cc3)ncc2C(F)(F)F)cc1. The van der Waals surface area contributed by atoms with Crippen molar-refractivity contribution in [2.45, 2.75) is 46.4 Å². The Balaban J connectivity index is 1.77. The fraction of sp³-hybridized carbons (Fsp3) is 0.360. The van der Waals surface area contributed by atoms with E-state index in [1.807, 2.05) is 13.8 Å². The maximum atomic E-state index is 13.6. The first-order chi connectivity index (χ1) is 16.1. The molecule has 182 valence electrons. The first-order valence-electron chi connectivity index (χ1n) is 11.1. The minimum absolute atomic E-state index is 0.0306. The van der Waals surface area contributed by atoms with Crippen LogP contribution in [0.1, 0.15) is 39.7 Å². The summed E-state index contributed by atoms with van der Waals surface area (Å²) < 4.78 is 52.0. The van der Waals surface area contributed by atoms with Crippen LogP contribution in [0, 0.1) is 5.92 Å². The van der Waals surface area contributed by atoms with Gasteiger partial charge in [-0.2, -0.15) is 18.2 Å². The number of halogens is 3. The fourth-order valence-corrected chi connectivity index (χ4v) is 2.84. The molecule has 0 saturated carbocycles. The number of anilines is 4. The molecule has 1 heterocycles. The van der Waals surface area contributed by atoms with Crippen molar-refractivity contribution in [2.24, 2.45) is 5.92 Å². The second-order valence-electron chi connectivity index (χ2n) is 8.29. The quantitative estimate of drug-likeness (QED) is 0.324. The van der Waals surface area contributed by atoms with Gasteiger partial charge in [0.1, 0.15) is 22.9 Å². The second-order valence-corrected chi connectivity index (χ2v) is 8.29. The number of rotatable bonds is 10. The first kappa shape index (κ1) is 25.1. The van der Waals surface area contributed by atoms with Crippen LogP contribution in [-0.2, 0) is 6.18 Å². The van der Waals surface area contributed by atoms with Gasteiger partial charge in [-0.3, -0.25) is 0 Å². The smallest absolute Gasteiger partial charge is 0.421 e. The number of nitrogens with one attached hydrogen (secondary N) is 2. The average molecular weight is 475 g/mol. The van der Waals surface area contributed by atoms with E-state index in [-0.39, 0.29) is 17.9 Å². The molecule has 3 aromatic rings. The van der Waals surface area contributed by atoms with Gasteiger partial charge in [0.15, 0.2) is 0 Å². The molecule has 0 bridgehead atoms. The highest BCUT2D eigenvalue weighted by Crippen LogP contribution is 2.35. The summed E-state index contributed by atoms with van der Waals surface area (Å²) in [4.78, 5) is 7.93. The Bertz CT molecular complexity index is 1060. The van der Waals surface area contributed by atoms with Crippen molar-refractivity contribution in [3.8, 4) is 11.5 Å². The molecule has 0 spiro atoms. The molecule has 0 aliphatic rings. The van der Waals surface area contributed by atoms with Gasteiger partial charge < -0.3 is 20.1 Å². The topological polar surface area (TPSA) is 68.3 Å². The Morgan fingerprint density at radius 2 is 1.47 bits per heavy atom. The van der Waals surface area contributed by atoms with Crippen LogP contribution < -0.4 is 20.1 Å². The zero-order valence-corrected chi connectivity index (χ0v) is 19.6. The number of ether oxygens (including phenoxy) is 2. The van der Waals surface area contributed by atoms with Gasteiger partial charge in [-0.1, -0.05) is 20.8 Å². The van der Waals surface area contributed by atoms with Crippen molar-refractivity contribution >= 4 is 23.1 Å². The van der Waals surface area contributed by atoms with Crippen molar-refractivity contribution < 1.29 is 22.6 Å². The minimum Gasteiger partial charge on any atom is -0.493 e. The number of benzene rings is 2. The maximum Gasteiger partial charge on any atom is 0.421 e. The third-order valence-electron chi connectivity index (χ3n) is 4.82. The van der Waals surface area contributed by atoms with E-state index in [0.717, 1.165) is 12.6 Å². The van der Waals surface area contributed by atoms with Crippen LogP contribution in [0.2, 0.25) is 0 Å². The molecule has 2 aromatic carbocycles. The monoisotopic (exact) mass is 474 g/mol. The van der Waals surface area contributed by atoms with Crippen LogP contribution in [0.3, 0.4) is 0 Å². The molecule has 0 fully saturated rings. The Morgan fingerprint density at radius 1 is 0.882 bits per heavy atom. The zero-order valence-electron chi connectivity index (χ0n) is 19.6. The van der Waals surface area contributed by atoms with Crippen molar-refractivity contribution in [1.29, 1.82) is 0 Å². The van der Waals surface area contributed by atoms with Gasteiger partial charge in [0.25, 0.3) is 0 Å². The van der Waals surface area contributed by atoms with Gasteiger partial charge in [-0.25, -0.2) is 4.98 Å². The third kappa shape index (κ3) is 7.26. The van der Waals surface area contributed by atoms with Crippen molar-refractivity contribution in [3.63, 3.8) is 0 Å². The molecule has 6 nitrogen and oxygen atoms in total. The van der Waals surface area contributed by atoms with Gasteiger partial charge >= 0.3 is 6.18 Å². The highest BCUT2D eigenvalue weighted by atomic mass is 19.4. The van der Waals surface area contributed by atoms with E-state index in [0.29, 0.717) is 35.4 Å². The number of alkyl halides is 3. The molecule has 0 aliphatic heterocycles. The van der Waals surface area contributed by atoms with E-state index in [1.54, 1.807) is 48.5 Å². The lowest BCUT2D eigenvalue weighted by atomic mass is 10.2. The summed E-state index contributed by atoms with van der Waals surface area (Å²) in [6.45, 7) is 8.66. The normalized spacial score (nSPS) is 12.4. The first-order valence-corrected chi connectivity index (χ1v) is 11.1. The molecule has 1 atom stereocenters. The summed E-state index contributed by atoms with van der Waals surface area (Å²) in [5, 5.41) is 5.68. The van der Waals surface area contributed by atoms with Crippen molar-refractivity contribution in [3.05, 3.63) is 60.3 Å². The van der Waals surface area contributed by atoms with Crippen molar-refractivity contribution in [1.82, 2.24) is 9.97 Å². The number of nitrogens with zero attached hydrogens (tertiary/aromatic N) is 2. The summed E-state index contributed by atoms with van der Waals surface area (Å²) in [5.74, 6) is 1.42. The molecule has 3 rings (SSSR count). The van der Waals surface area contributed by atoms with Gasteiger partial charge in [-0.05, 0) is 67.8 Å². The second kappa shape index (κ2) is 11.1. The molecule has 0 amide bonds. The van der Waals surface area contributed by atoms with E-state index in [9.17, 15) is 13.2 Å². The van der Waals surface area contributed by atoms with Crippen LogP contribution in [0.25, 0.3) is 0 Å². The largest absolute Gasteiger partial charge is 0.493 e. The van der Waals surface area contributed by atoms with Crippen LogP contribution >= 0.6 is 0 Å². The number of hydrogen-bond acceptors (Lipinski definition) is 6. The van der Waals surface area contributed by atoms with Crippen LogP contribution in [0.4, 0.5) is 36.3 Å². The predicted octanol–water partition coefficient (Wildman–Crippen LogP) is 7.19. The molecular formula is C25H29F3N4O2. The summed E-state index contributed by atoms with van der Waals surface area (Å²) >= 11 is 0. The zero-order chi connectivity index (χ0) is 24.7. The van der Waals surface area contributed by atoms with Crippen LogP contribution in [0.5, 0.6) is 11.5 Å². The van der Waals surface area contributed by atoms with Gasteiger partial charge in [0.2, 0.25) is 5.95 Å². The molecule has 0 aliphatic carbocycles. The van der Waals surface area contributed by atoms with Crippen LogP contribution in [0.15, 0.2) is 54.7 Å². The maximum absolute atomic E-state index is 13.6. The standard InChI is InChI=1S/C25H29F3N4O2/c1-5-17(4)34-21-12-8-18(9-13-21)30-23-22(25(26,27)28)14-29-24(32-23)31-19-6-10-20(11-7-19)33-15-16(2)3/h6-14,16-17H,5,15H2,1-4H3,(H2,29,30,31,32). The third-order valence-corrected chi connectivity index (χ3v) is 4.82. The van der Waals surface area contributed by atoms with Gasteiger partial charge in [0, 0.05) is 17.6 Å². The van der Waals surface area contributed by atoms with Crippen LogP contribution in [-0.4, -0.2) is 22.7 Å². The Morgan fingerprint density at radius 3 is 2.03 bits per heavy atom. The van der Waals surface area contributed by atoms with Crippen molar-refractivity contribution in [2.75, 3.05) is 17.2 Å². The lowest BCUT2D eigenvalue weighted by Crippen LogP contribution is -2.13. The van der Waals surface area contributed by atoms with E-state index in [2.05, 4.69) is 34.4 Å². The average Bonchev–Trinajstić information content (AvgIpc) is 2.79. The van der Waals surface area contributed by atoms with E-state index < -0.39 is 11.7 Å². The van der Waals surface area contributed by atoms with Gasteiger partial charge in [0.05, 0.1) is 12.7 Å². The summed E-state index contributed by atoms with van der Waals surface area (Å²) in [7, 11) is 0. The molecule has 0 saturated heterocycles. The molecule has 0 radical (unpaired) electrons. The Hall–Kier alpha value is -3.49. The molecule has 1 aromatic heterocycles. The number of aromatic nitrogens is 2. The fourth-order valence-electron chi connectivity index (χ4n) is 2.84. The lowest BCUT2D eigenvalue weighted by Gasteiger charge is -2.16. The highest BCUT2D eigenvalue weighted by molar-refractivity contribution is 5.63. The predicted molar refractivity (Wildman–Crippen MR) is 127 cm³/mol. The van der Waals surface area contributed by atoms with E-state index in [4.69, 9.17) is 9.47 Å². The summed E-state index contributed by atoms with van der Waals surface area (Å²) in [5.41, 5.74) is 0.0999. The molecule has 1 unspecified atom stereocenters. The molecular weight excluding hydrogens is 445 g/mol. The Kier molecular flexibility index (Phi) is 8.20. The molecule has 2 N–H and O–H groups in total. The molecule has 9 heteroatoms. The summed E-state index contributed by atoms with van der Waals surface area (Å²) in [6.07, 6.45) is -2.96. The summed E-state index contributed by atoms with van der Waals surface area (Å²) in [6, 6.07) is 13.7. The highest BCUT2D eigenvalue weighted by Gasteiger charge is 2.35. The molecule has 34 heavy (non-hydrogen) atoms. The van der Waals surface area contributed by atoms with Gasteiger partial charge in [-0.15, -0.1) is 0 Å². The Labute approximate surface area is 197 Å². The minimum atomic E-state index is -4.62. The lowest BCUT2D eigenvalue weighted by molar-refractivity contribution is -0.137. The van der Waals surface area contributed by atoms with E-state index >= 15 is 0 Å². The van der Waals surface area contributed by atoms with E-state index in [1.165, 1.54) is 0 Å².